The molecule has 0 aromatic carbocycles. The first kappa shape index (κ1) is 19.4. The lowest BCUT2D eigenvalue weighted by Crippen LogP contribution is -2.38. The van der Waals surface area contributed by atoms with Crippen molar-refractivity contribution in [2.45, 2.75) is 33.6 Å². The van der Waals surface area contributed by atoms with E-state index in [4.69, 9.17) is 10.2 Å². The van der Waals surface area contributed by atoms with Crippen LogP contribution in [-0.4, -0.2) is 22.2 Å². The van der Waals surface area contributed by atoms with Gasteiger partial charge in [-0.25, -0.2) is 0 Å². The third-order valence-electron chi connectivity index (χ3n) is 2.81. The molecular formula is C9H22N2O4. The van der Waals surface area contributed by atoms with E-state index in [0.29, 0.717) is 12.8 Å². The molecule has 0 aromatic heterocycles. The predicted molar refractivity (Wildman–Crippen MR) is 57.5 cm³/mol. The van der Waals surface area contributed by atoms with E-state index in [2.05, 4.69) is 0 Å². The SMILES string of the molecule is CCC(C)(CC)C(C(=O)O)C(=O)O.N.N. The molecule has 0 rings (SSSR count). The van der Waals surface area contributed by atoms with Crippen LogP contribution in [-0.2, 0) is 9.59 Å². The number of rotatable bonds is 5. The summed E-state index contributed by atoms with van der Waals surface area (Å²) >= 11 is 0. The minimum Gasteiger partial charge on any atom is -0.481 e. The van der Waals surface area contributed by atoms with Crippen LogP contribution in [0.3, 0.4) is 0 Å². The van der Waals surface area contributed by atoms with Crippen LogP contribution in [0.25, 0.3) is 0 Å². The van der Waals surface area contributed by atoms with Gasteiger partial charge in [0.05, 0.1) is 0 Å². The van der Waals surface area contributed by atoms with Gasteiger partial charge in [-0.15, -0.1) is 0 Å². The lowest BCUT2D eigenvalue weighted by molar-refractivity contribution is -0.161. The van der Waals surface area contributed by atoms with Crippen molar-refractivity contribution in [3.05, 3.63) is 0 Å². The first-order chi connectivity index (χ1) is 5.89. The summed E-state index contributed by atoms with van der Waals surface area (Å²) in [5.74, 6) is -3.81. The lowest BCUT2D eigenvalue weighted by atomic mass is 9.73. The van der Waals surface area contributed by atoms with Crippen molar-refractivity contribution in [2.75, 3.05) is 0 Å². The van der Waals surface area contributed by atoms with Gasteiger partial charge in [-0.3, -0.25) is 9.59 Å². The largest absolute Gasteiger partial charge is 0.481 e. The molecule has 6 heteroatoms. The zero-order valence-electron chi connectivity index (χ0n) is 9.62. The van der Waals surface area contributed by atoms with E-state index in [1.165, 1.54) is 0 Å². The summed E-state index contributed by atoms with van der Waals surface area (Å²) in [6.45, 7) is 5.31. The Labute approximate surface area is 89.8 Å². The average Bonchev–Trinajstić information content (AvgIpc) is 2.02. The van der Waals surface area contributed by atoms with Gasteiger partial charge in [0.15, 0.2) is 5.92 Å². The number of hydrogen-bond donors (Lipinski definition) is 4. The van der Waals surface area contributed by atoms with E-state index >= 15 is 0 Å². The standard InChI is InChI=1S/C9H16O4.2H3N/c1-4-9(3,5-2)6(7(10)11)8(12)13;;/h6H,4-5H2,1-3H3,(H,10,11)(H,12,13);2*1H3. The van der Waals surface area contributed by atoms with Crippen molar-refractivity contribution in [1.82, 2.24) is 12.3 Å². The third kappa shape index (κ3) is 4.26. The number of carboxylic acid groups (broad SMARTS) is 2. The van der Waals surface area contributed by atoms with E-state index in [1.807, 2.05) is 13.8 Å². The predicted octanol–water partition coefficient (Wildman–Crippen LogP) is 1.92. The van der Waals surface area contributed by atoms with Crippen molar-refractivity contribution in [3.63, 3.8) is 0 Å². The van der Waals surface area contributed by atoms with Crippen molar-refractivity contribution in [1.29, 1.82) is 0 Å². The molecule has 0 amide bonds. The second-order valence-electron chi connectivity index (χ2n) is 3.47. The maximum absolute atomic E-state index is 10.7. The molecule has 0 aromatic rings. The molecule has 0 atom stereocenters. The zero-order chi connectivity index (χ0) is 10.6. The number of hydrogen-bond acceptors (Lipinski definition) is 4. The third-order valence-corrected chi connectivity index (χ3v) is 2.81. The maximum atomic E-state index is 10.7. The van der Waals surface area contributed by atoms with Crippen LogP contribution < -0.4 is 12.3 Å². The second-order valence-corrected chi connectivity index (χ2v) is 3.47. The molecule has 6 nitrogen and oxygen atoms in total. The Kier molecular flexibility index (Phi) is 9.32. The van der Waals surface area contributed by atoms with Crippen molar-refractivity contribution >= 4 is 11.9 Å². The van der Waals surface area contributed by atoms with Crippen LogP contribution in [0.5, 0.6) is 0 Å². The molecule has 0 aliphatic carbocycles. The van der Waals surface area contributed by atoms with Gasteiger partial charge >= 0.3 is 11.9 Å². The van der Waals surface area contributed by atoms with Crippen molar-refractivity contribution in [2.24, 2.45) is 11.3 Å². The van der Waals surface area contributed by atoms with Gasteiger partial charge in [0.2, 0.25) is 0 Å². The Hall–Kier alpha value is -1.14. The van der Waals surface area contributed by atoms with Gasteiger partial charge in [0.25, 0.3) is 0 Å². The first-order valence-corrected chi connectivity index (χ1v) is 4.34. The number of carboxylic acids is 2. The molecule has 0 spiro atoms. The molecule has 0 fully saturated rings. The topological polar surface area (TPSA) is 145 Å². The molecule has 15 heavy (non-hydrogen) atoms. The van der Waals surface area contributed by atoms with Crippen LogP contribution in [0, 0.1) is 11.3 Å². The molecule has 92 valence electrons. The van der Waals surface area contributed by atoms with Gasteiger partial charge in [-0.1, -0.05) is 20.8 Å². The lowest BCUT2D eigenvalue weighted by Gasteiger charge is -2.30. The zero-order valence-corrected chi connectivity index (χ0v) is 9.62. The smallest absolute Gasteiger partial charge is 0.318 e. The van der Waals surface area contributed by atoms with E-state index in [1.54, 1.807) is 6.92 Å². The van der Waals surface area contributed by atoms with Gasteiger partial charge in [0, 0.05) is 0 Å². The van der Waals surface area contributed by atoms with Gasteiger partial charge in [-0.2, -0.15) is 0 Å². The quantitative estimate of drug-likeness (QED) is 0.523. The summed E-state index contributed by atoms with van der Waals surface area (Å²) in [5.41, 5.74) is -0.655. The van der Waals surface area contributed by atoms with E-state index in [0.717, 1.165) is 0 Å². The van der Waals surface area contributed by atoms with Gasteiger partial charge in [0.1, 0.15) is 0 Å². The fourth-order valence-electron chi connectivity index (χ4n) is 1.36. The molecule has 8 N–H and O–H groups in total. The van der Waals surface area contributed by atoms with Crippen LogP contribution >= 0.6 is 0 Å². The van der Waals surface area contributed by atoms with E-state index < -0.39 is 23.3 Å². The summed E-state index contributed by atoms with van der Waals surface area (Å²) in [6.07, 6.45) is 1.10. The minimum atomic E-state index is -1.30. The molecule has 0 heterocycles. The van der Waals surface area contributed by atoms with Crippen LogP contribution in [0.2, 0.25) is 0 Å². The van der Waals surface area contributed by atoms with Crippen LogP contribution in [0.15, 0.2) is 0 Å². The minimum absolute atomic E-state index is 0. The number of aliphatic carboxylic acids is 2. The van der Waals surface area contributed by atoms with Crippen molar-refractivity contribution in [3.8, 4) is 0 Å². The highest BCUT2D eigenvalue weighted by Gasteiger charge is 2.41. The summed E-state index contributed by atoms with van der Waals surface area (Å²) in [6, 6.07) is 0. The highest BCUT2D eigenvalue weighted by atomic mass is 16.4. The summed E-state index contributed by atoms with van der Waals surface area (Å²) < 4.78 is 0. The highest BCUT2D eigenvalue weighted by molar-refractivity contribution is 5.93. The Balaban J connectivity index is -0.000000720. The van der Waals surface area contributed by atoms with Gasteiger partial charge in [-0.05, 0) is 18.3 Å². The molecule has 0 saturated heterocycles. The Morgan fingerprint density at radius 2 is 1.33 bits per heavy atom. The molecule has 0 saturated carbocycles. The molecule has 0 aliphatic rings. The molecule has 0 unspecified atom stereocenters. The summed E-state index contributed by atoms with van der Waals surface area (Å²) in [4.78, 5) is 21.4. The Morgan fingerprint density at radius 1 is 1.07 bits per heavy atom. The fourth-order valence-corrected chi connectivity index (χ4v) is 1.36. The molecule has 0 bridgehead atoms. The average molecular weight is 222 g/mol. The molecule has 0 aliphatic heterocycles. The Bertz CT molecular complexity index is 200. The molecular weight excluding hydrogens is 200 g/mol. The van der Waals surface area contributed by atoms with E-state index in [-0.39, 0.29) is 12.3 Å². The summed E-state index contributed by atoms with van der Waals surface area (Å²) in [5, 5.41) is 17.5. The maximum Gasteiger partial charge on any atom is 0.318 e. The van der Waals surface area contributed by atoms with Gasteiger partial charge < -0.3 is 22.5 Å². The highest BCUT2D eigenvalue weighted by Crippen LogP contribution is 2.35. The normalized spacial score (nSPS) is 10.1. The molecule has 0 radical (unpaired) electrons. The first-order valence-electron chi connectivity index (χ1n) is 4.34. The van der Waals surface area contributed by atoms with Crippen molar-refractivity contribution < 1.29 is 19.8 Å². The Morgan fingerprint density at radius 3 is 1.40 bits per heavy atom. The van der Waals surface area contributed by atoms with Crippen LogP contribution in [0.1, 0.15) is 33.6 Å². The van der Waals surface area contributed by atoms with Crippen LogP contribution in [0.4, 0.5) is 0 Å². The summed E-state index contributed by atoms with van der Waals surface area (Å²) in [7, 11) is 0. The fraction of sp³-hybridized carbons (Fsp3) is 0.778. The monoisotopic (exact) mass is 222 g/mol. The van der Waals surface area contributed by atoms with E-state index in [9.17, 15) is 9.59 Å². The number of carbonyl (C=O) groups is 2. The second kappa shape index (κ2) is 7.19.